The molecule has 6 heteroatoms. The number of rotatable bonds is 4. The van der Waals surface area contributed by atoms with Gasteiger partial charge in [0.05, 0.1) is 13.0 Å². The quantitative estimate of drug-likeness (QED) is 0.361. The van der Waals surface area contributed by atoms with E-state index in [1.807, 2.05) is 42.5 Å². The lowest BCUT2D eigenvalue weighted by molar-refractivity contribution is 0.0519. The maximum Gasteiger partial charge on any atom is 0.189 e. The first kappa shape index (κ1) is 23.0. The zero-order valence-electron chi connectivity index (χ0n) is 20.9. The number of fused-ring (bicyclic) bond motifs is 3. The maximum absolute atomic E-state index is 14.7. The van der Waals surface area contributed by atoms with Gasteiger partial charge in [-0.1, -0.05) is 48.5 Å². The monoisotopic (exact) mass is 505 g/mol. The Morgan fingerprint density at radius 3 is 2.58 bits per heavy atom. The number of aromatic hydroxyl groups is 2. The molecule has 3 aliphatic rings. The minimum atomic E-state index is -1.16. The molecular formula is C32H27NO5. The highest BCUT2D eigenvalue weighted by molar-refractivity contribution is 6.22. The summed E-state index contributed by atoms with van der Waals surface area (Å²) in [5.41, 5.74) is 1.60. The van der Waals surface area contributed by atoms with Gasteiger partial charge in [-0.05, 0) is 71.6 Å². The van der Waals surface area contributed by atoms with Crippen molar-refractivity contribution >= 4 is 22.3 Å². The molecule has 4 aromatic carbocycles. The molecule has 2 heterocycles. The molecule has 4 unspecified atom stereocenters. The molecule has 0 saturated carbocycles. The van der Waals surface area contributed by atoms with E-state index in [-0.39, 0.29) is 40.8 Å². The lowest BCUT2D eigenvalue weighted by Gasteiger charge is -2.38. The van der Waals surface area contributed by atoms with Crippen LogP contribution in [0.4, 0.5) is 0 Å². The summed E-state index contributed by atoms with van der Waals surface area (Å²) in [6, 6.07) is 23.5. The molecule has 1 spiro atoms. The number of carbonyl (C=O) groups is 2. The van der Waals surface area contributed by atoms with Gasteiger partial charge in [-0.15, -0.1) is 0 Å². The van der Waals surface area contributed by atoms with Crippen LogP contribution in [0.1, 0.15) is 50.6 Å². The van der Waals surface area contributed by atoms with Crippen molar-refractivity contribution in [2.24, 2.45) is 5.92 Å². The van der Waals surface area contributed by atoms with Crippen molar-refractivity contribution in [2.75, 3.05) is 13.7 Å². The summed E-state index contributed by atoms with van der Waals surface area (Å²) in [5, 5.41) is 22.5. The van der Waals surface area contributed by atoms with Gasteiger partial charge >= 0.3 is 0 Å². The molecule has 0 aromatic heterocycles. The van der Waals surface area contributed by atoms with Gasteiger partial charge in [-0.3, -0.25) is 14.5 Å². The van der Waals surface area contributed by atoms with Crippen molar-refractivity contribution in [1.29, 1.82) is 0 Å². The van der Waals surface area contributed by atoms with Crippen LogP contribution in [0.25, 0.3) is 10.8 Å². The Morgan fingerprint density at radius 2 is 1.79 bits per heavy atom. The van der Waals surface area contributed by atoms with E-state index in [1.54, 1.807) is 30.3 Å². The first-order valence-electron chi connectivity index (χ1n) is 13.0. The van der Waals surface area contributed by atoms with Crippen molar-refractivity contribution in [3.05, 3.63) is 101 Å². The Kier molecular flexibility index (Phi) is 4.94. The molecule has 4 atom stereocenters. The molecule has 7 rings (SSSR count). The van der Waals surface area contributed by atoms with Crippen LogP contribution in [0.15, 0.2) is 78.9 Å². The third kappa shape index (κ3) is 2.86. The van der Waals surface area contributed by atoms with Crippen LogP contribution in [0.5, 0.6) is 17.2 Å². The summed E-state index contributed by atoms with van der Waals surface area (Å²) >= 11 is 0. The van der Waals surface area contributed by atoms with Crippen LogP contribution < -0.4 is 4.74 Å². The molecule has 2 saturated heterocycles. The maximum atomic E-state index is 14.7. The molecule has 2 N–H and O–H groups in total. The summed E-state index contributed by atoms with van der Waals surface area (Å²) < 4.78 is 5.32. The van der Waals surface area contributed by atoms with E-state index in [0.29, 0.717) is 17.7 Å². The molecule has 0 amide bonds. The number of hydrogen-bond acceptors (Lipinski definition) is 6. The summed E-state index contributed by atoms with van der Waals surface area (Å²) in [7, 11) is 1.45. The van der Waals surface area contributed by atoms with Crippen LogP contribution in [0, 0.1) is 5.92 Å². The number of phenols is 2. The Hall–Kier alpha value is -4.16. The van der Waals surface area contributed by atoms with Crippen molar-refractivity contribution in [3.8, 4) is 17.2 Å². The lowest BCUT2D eigenvalue weighted by atomic mass is 9.68. The van der Waals surface area contributed by atoms with E-state index in [1.165, 1.54) is 13.2 Å². The average Bonchev–Trinajstić information content (AvgIpc) is 3.58. The molecule has 38 heavy (non-hydrogen) atoms. The second-order valence-corrected chi connectivity index (χ2v) is 10.6. The Labute approximate surface area is 220 Å². The molecule has 0 radical (unpaired) electrons. The molecule has 2 fully saturated rings. The minimum Gasteiger partial charge on any atom is -0.508 e. The van der Waals surface area contributed by atoms with Gasteiger partial charge < -0.3 is 14.9 Å². The number of hydrogen-bond donors (Lipinski definition) is 2. The number of nitrogens with zero attached hydrogens (tertiary/aromatic N) is 1. The molecule has 6 nitrogen and oxygen atoms in total. The third-order valence-electron chi connectivity index (χ3n) is 8.88. The largest absolute Gasteiger partial charge is 0.508 e. The second kappa shape index (κ2) is 8.17. The van der Waals surface area contributed by atoms with E-state index in [0.717, 1.165) is 34.7 Å². The average molecular weight is 506 g/mol. The first-order chi connectivity index (χ1) is 18.5. The van der Waals surface area contributed by atoms with E-state index in [2.05, 4.69) is 4.90 Å². The molecule has 0 bridgehead atoms. The van der Waals surface area contributed by atoms with Gasteiger partial charge in [0.15, 0.2) is 23.1 Å². The molecule has 4 aromatic rings. The number of ether oxygens (including phenoxy) is 1. The number of Topliss-reactive ketones (excluding diaryl/α,β-unsaturated/α-hetero) is 2. The highest BCUT2D eigenvalue weighted by atomic mass is 16.5. The van der Waals surface area contributed by atoms with Gasteiger partial charge in [0.1, 0.15) is 11.3 Å². The fourth-order valence-electron chi connectivity index (χ4n) is 7.54. The topological polar surface area (TPSA) is 87.1 Å². The summed E-state index contributed by atoms with van der Waals surface area (Å²) in [4.78, 5) is 31.7. The van der Waals surface area contributed by atoms with Crippen LogP contribution >= 0.6 is 0 Å². The van der Waals surface area contributed by atoms with Crippen LogP contribution in [-0.4, -0.2) is 46.4 Å². The predicted octanol–water partition coefficient (Wildman–Crippen LogP) is 5.41. The fraction of sp³-hybridized carbons (Fsp3) is 0.250. The minimum absolute atomic E-state index is 0.0389. The zero-order valence-corrected chi connectivity index (χ0v) is 20.9. The summed E-state index contributed by atoms with van der Waals surface area (Å²) in [6.45, 7) is 0.707. The van der Waals surface area contributed by atoms with Gasteiger partial charge in [0.25, 0.3) is 0 Å². The van der Waals surface area contributed by atoms with Crippen molar-refractivity contribution < 1.29 is 24.5 Å². The van der Waals surface area contributed by atoms with Crippen LogP contribution in [0.3, 0.4) is 0 Å². The highest BCUT2D eigenvalue weighted by Gasteiger charge is 2.69. The fourth-order valence-corrected chi connectivity index (χ4v) is 7.54. The number of ketones is 2. The molecule has 190 valence electrons. The van der Waals surface area contributed by atoms with Gasteiger partial charge in [0.2, 0.25) is 0 Å². The van der Waals surface area contributed by atoms with E-state index >= 15 is 0 Å². The van der Waals surface area contributed by atoms with Crippen LogP contribution in [-0.2, 0) is 5.54 Å². The SMILES string of the molecule is COc1cc(C(=O)C2C(c3cccc(O)c3)C3CCCN3C23C(=O)c2cccc4cccc3c24)ccc1O. The Bertz CT molecular complexity index is 1640. The Balaban J connectivity index is 1.53. The zero-order chi connectivity index (χ0) is 26.2. The van der Waals surface area contributed by atoms with Crippen molar-refractivity contribution in [2.45, 2.75) is 30.3 Å². The molecular weight excluding hydrogens is 478 g/mol. The number of carbonyl (C=O) groups excluding carboxylic acids is 2. The van der Waals surface area contributed by atoms with Crippen molar-refractivity contribution in [3.63, 3.8) is 0 Å². The second-order valence-electron chi connectivity index (χ2n) is 10.6. The van der Waals surface area contributed by atoms with Crippen molar-refractivity contribution in [1.82, 2.24) is 4.90 Å². The third-order valence-corrected chi connectivity index (χ3v) is 8.88. The Morgan fingerprint density at radius 1 is 1.00 bits per heavy atom. The van der Waals surface area contributed by atoms with E-state index in [4.69, 9.17) is 4.74 Å². The van der Waals surface area contributed by atoms with Gasteiger partial charge in [-0.2, -0.15) is 0 Å². The normalized spacial score (nSPS) is 25.8. The number of phenolic OH excluding ortho intramolecular Hbond substituents is 2. The van der Waals surface area contributed by atoms with Gasteiger partial charge in [0, 0.05) is 23.1 Å². The standard InChI is InChI=1S/C32H27NO5/c1-38-26-17-20(13-14-25(26)35)30(36)29-28(19-8-2-9-21(34)16-19)24-12-5-15-33(24)32(29)23-11-4-7-18-6-3-10-22(27(18)23)31(32)37/h2-4,6-11,13-14,16-17,24,28-29,34-35H,5,12,15H2,1H3. The van der Waals surface area contributed by atoms with E-state index in [9.17, 15) is 19.8 Å². The lowest BCUT2D eigenvalue weighted by Crippen LogP contribution is -2.51. The highest BCUT2D eigenvalue weighted by Crippen LogP contribution is 2.62. The number of benzene rings is 4. The first-order valence-corrected chi connectivity index (χ1v) is 13.0. The summed E-state index contributed by atoms with van der Waals surface area (Å²) in [6.07, 6.45) is 1.78. The molecule has 2 aliphatic heterocycles. The molecule has 1 aliphatic carbocycles. The number of methoxy groups -OCH3 is 1. The smallest absolute Gasteiger partial charge is 0.189 e. The van der Waals surface area contributed by atoms with Crippen LogP contribution in [0.2, 0.25) is 0 Å². The van der Waals surface area contributed by atoms with E-state index < -0.39 is 11.5 Å². The predicted molar refractivity (Wildman–Crippen MR) is 143 cm³/mol. The van der Waals surface area contributed by atoms with Gasteiger partial charge in [-0.25, -0.2) is 0 Å². The summed E-state index contributed by atoms with van der Waals surface area (Å²) in [5.74, 6) is -0.981.